The van der Waals surface area contributed by atoms with Crippen molar-refractivity contribution in [1.82, 2.24) is 19.8 Å². The van der Waals surface area contributed by atoms with E-state index in [4.69, 9.17) is 20.0 Å². The molecule has 42 heavy (non-hydrogen) atoms. The van der Waals surface area contributed by atoms with Crippen LogP contribution in [0.4, 0.5) is 11.5 Å². The molecule has 0 aliphatic carbocycles. The number of hydrogen-bond donors (Lipinski definition) is 0. The summed E-state index contributed by atoms with van der Waals surface area (Å²) in [6.45, 7) is 13.3. The second-order valence-corrected chi connectivity index (χ2v) is 10.9. The molecule has 9 nitrogen and oxygen atoms in total. The molecule has 0 atom stereocenters. The third kappa shape index (κ3) is 6.82. The molecule has 0 spiro atoms. The molecule has 3 aliphatic heterocycles. The van der Waals surface area contributed by atoms with Crippen LogP contribution in [-0.2, 0) is 17.8 Å². The van der Waals surface area contributed by atoms with Crippen molar-refractivity contribution >= 4 is 28.2 Å². The third-order valence-electron chi connectivity index (χ3n) is 8.28. The monoisotopic (exact) mass is 567 g/mol. The lowest BCUT2D eigenvalue weighted by Gasteiger charge is -2.38. The second kappa shape index (κ2) is 14.1. The summed E-state index contributed by atoms with van der Waals surface area (Å²) < 4.78 is 6.21. The van der Waals surface area contributed by atoms with E-state index in [9.17, 15) is 4.79 Å². The first-order valence-electron chi connectivity index (χ1n) is 15.1. The van der Waals surface area contributed by atoms with Crippen molar-refractivity contribution in [2.45, 2.75) is 39.2 Å². The quantitative estimate of drug-likeness (QED) is 0.388. The number of benzene rings is 2. The van der Waals surface area contributed by atoms with Gasteiger partial charge in [-0.2, -0.15) is 15.2 Å². The Morgan fingerprint density at radius 1 is 0.976 bits per heavy atom. The summed E-state index contributed by atoms with van der Waals surface area (Å²) in [6.07, 6.45) is 6.13. The Hall–Kier alpha value is -4.16. The van der Waals surface area contributed by atoms with Crippen LogP contribution in [0.15, 0.2) is 55.1 Å². The Morgan fingerprint density at radius 3 is 2.48 bits per heavy atom. The van der Waals surface area contributed by atoms with E-state index in [1.165, 1.54) is 54.3 Å². The molecule has 0 saturated carbocycles. The maximum atomic E-state index is 12.1. The van der Waals surface area contributed by atoms with Crippen LogP contribution in [0.2, 0.25) is 0 Å². The van der Waals surface area contributed by atoms with Gasteiger partial charge in [-0.05, 0) is 49.9 Å². The molecule has 2 saturated heterocycles. The minimum absolute atomic E-state index is 0.00756. The van der Waals surface area contributed by atoms with Gasteiger partial charge < -0.3 is 19.4 Å². The third-order valence-corrected chi connectivity index (χ3v) is 8.28. The standard InChI is InChI=1S/C31H38N6O2.C2H3N/c1-2-29(38)35-17-19-36(20-18-35)30-26-13-16-37(28-12-8-10-24-9-4-5-11-25(24)28)23-27(26)32-31(33-30)39-22-21-34-14-6-3-7-15-34;1-2-3/h2,4-5,8-12H,1,3,6-7,13-23H2;1H3. The van der Waals surface area contributed by atoms with Gasteiger partial charge in [-0.25, -0.2) is 0 Å². The van der Waals surface area contributed by atoms with Crippen LogP contribution in [0.5, 0.6) is 6.01 Å². The number of rotatable bonds is 7. The highest BCUT2D eigenvalue weighted by Crippen LogP contribution is 2.34. The van der Waals surface area contributed by atoms with Crippen LogP contribution in [0.3, 0.4) is 0 Å². The molecule has 2 fully saturated rings. The zero-order chi connectivity index (χ0) is 29.3. The molecule has 0 radical (unpaired) electrons. The van der Waals surface area contributed by atoms with E-state index in [-0.39, 0.29) is 5.91 Å². The van der Waals surface area contributed by atoms with Crippen LogP contribution >= 0.6 is 0 Å². The van der Waals surface area contributed by atoms with Gasteiger partial charge in [0.1, 0.15) is 12.4 Å². The van der Waals surface area contributed by atoms with E-state index in [0.29, 0.717) is 25.7 Å². The van der Waals surface area contributed by atoms with Gasteiger partial charge in [-0.3, -0.25) is 9.69 Å². The highest BCUT2D eigenvalue weighted by Gasteiger charge is 2.29. The molecule has 1 aromatic heterocycles. The molecule has 0 bridgehead atoms. The zero-order valence-corrected chi connectivity index (χ0v) is 24.7. The van der Waals surface area contributed by atoms with Crippen molar-refractivity contribution in [3.63, 3.8) is 0 Å². The lowest BCUT2D eigenvalue weighted by molar-refractivity contribution is -0.126. The largest absolute Gasteiger partial charge is 0.462 e. The fourth-order valence-corrected chi connectivity index (χ4v) is 6.12. The predicted octanol–water partition coefficient (Wildman–Crippen LogP) is 4.42. The van der Waals surface area contributed by atoms with Crippen LogP contribution in [0.1, 0.15) is 37.4 Å². The smallest absolute Gasteiger partial charge is 0.318 e. The van der Waals surface area contributed by atoms with Gasteiger partial charge in [-0.1, -0.05) is 49.4 Å². The molecular formula is C33H41N7O2. The van der Waals surface area contributed by atoms with Gasteiger partial charge in [0.15, 0.2) is 0 Å². The van der Waals surface area contributed by atoms with Gasteiger partial charge in [-0.15, -0.1) is 0 Å². The summed E-state index contributed by atoms with van der Waals surface area (Å²) in [6, 6.07) is 17.3. The number of ether oxygens (including phenoxy) is 1. The molecular weight excluding hydrogens is 526 g/mol. The van der Waals surface area contributed by atoms with Gasteiger partial charge in [0.25, 0.3) is 0 Å². The molecule has 4 heterocycles. The van der Waals surface area contributed by atoms with E-state index in [2.05, 4.69) is 63.7 Å². The highest BCUT2D eigenvalue weighted by molar-refractivity contribution is 5.94. The molecule has 0 N–H and O–H groups in total. The minimum atomic E-state index is -0.00756. The van der Waals surface area contributed by atoms with E-state index >= 15 is 0 Å². The van der Waals surface area contributed by atoms with Crippen LogP contribution in [0.25, 0.3) is 10.8 Å². The molecule has 3 aromatic rings. The number of fused-ring (bicyclic) bond motifs is 2. The average molecular weight is 568 g/mol. The second-order valence-electron chi connectivity index (χ2n) is 10.9. The number of nitrogens with zero attached hydrogens (tertiary/aromatic N) is 7. The Bertz CT molecular complexity index is 1420. The fraction of sp³-hybridized carbons (Fsp3) is 0.455. The molecule has 3 aliphatic rings. The molecule has 0 unspecified atom stereocenters. The van der Waals surface area contributed by atoms with Crippen molar-refractivity contribution in [3.8, 4) is 12.1 Å². The molecule has 6 rings (SSSR count). The van der Waals surface area contributed by atoms with Gasteiger partial charge in [0.05, 0.1) is 18.3 Å². The normalized spacial score (nSPS) is 17.1. The van der Waals surface area contributed by atoms with Crippen molar-refractivity contribution in [2.75, 3.05) is 68.8 Å². The Labute approximate surface area is 249 Å². The molecule has 1 amide bonds. The lowest BCUT2D eigenvalue weighted by atomic mass is 10.0. The first-order valence-corrected chi connectivity index (χ1v) is 15.1. The van der Waals surface area contributed by atoms with E-state index < -0.39 is 0 Å². The number of carbonyl (C=O) groups excluding carboxylic acids is 1. The van der Waals surface area contributed by atoms with Crippen LogP contribution < -0.4 is 14.5 Å². The summed E-state index contributed by atoms with van der Waals surface area (Å²) in [4.78, 5) is 31.1. The Kier molecular flexibility index (Phi) is 9.88. The first-order chi connectivity index (χ1) is 20.6. The number of aromatic nitrogens is 2. The van der Waals surface area contributed by atoms with E-state index in [1.54, 1.807) is 6.07 Å². The number of piperidine rings is 1. The summed E-state index contributed by atoms with van der Waals surface area (Å²) in [7, 11) is 0. The number of likely N-dealkylation sites (tertiary alicyclic amines) is 1. The zero-order valence-electron chi connectivity index (χ0n) is 24.7. The fourth-order valence-electron chi connectivity index (χ4n) is 6.12. The van der Waals surface area contributed by atoms with Crippen molar-refractivity contribution in [2.24, 2.45) is 0 Å². The summed E-state index contributed by atoms with van der Waals surface area (Å²) in [5.74, 6) is 0.961. The van der Waals surface area contributed by atoms with Crippen LogP contribution in [0, 0.1) is 11.3 Å². The van der Waals surface area contributed by atoms with Gasteiger partial charge in [0.2, 0.25) is 5.91 Å². The Balaban J connectivity index is 0.00000113. The highest BCUT2D eigenvalue weighted by atomic mass is 16.5. The van der Waals surface area contributed by atoms with Crippen molar-refractivity contribution in [1.29, 1.82) is 5.26 Å². The number of amides is 1. The maximum absolute atomic E-state index is 12.1. The molecule has 9 heteroatoms. The summed E-state index contributed by atoms with van der Waals surface area (Å²) in [5.41, 5.74) is 3.48. The van der Waals surface area contributed by atoms with Crippen molar-refractivity contribution in [3.05, 3.63) is 66.4 Å². The first kappa shape index (κ1) is 29.3. The minimum Gasteiger partial charge on any atom is -0.462 e. The number of hydrogen-bond acceptors (Lipinski definition) is 8. The number of piperazine rings is 1. The lowest BCUT2D eigenvalue weighted by Crippen LogP contribution is -2.49. The SMILES string of the molecule is C=CC(=O)N1CCN(c2nc(OCCN3CCCCC3)nc3c2CCN(c2cccc4ccccc24)C3)CC1.CC#N. The van der Waals surface area contributed by atoms with Gasteiger partial charge >= 0.3 is 6.01 Å². The predicted molar refractivity (Wildman–Crippen MR) is 167 cm³/mol. The van der Waals surface area contributed by atoms with Crippen molar-refractivity contribution < 1.29 is 9.53 Å². The number of anilines is 2. The van der Waals surface area contributed by atoms with Crippen LogP contribution in [-0.4, -0.2) is 84.6 Å². The number of nitriles is 1. The Morgan fingerprint density at radius 2 is 1.71 bits per heavy atom. The molecule has 220 valence electrons. The van der Waals surface area contributed by atoms with E-state index in [0.717, 1.165) is 63.7 Å². The topological polar surface area (TPSA) is 88.8 Å². The summed E-state index contributed by atoms with van der Waals surface area (Å²) >= 11 is 0. The van der Waals surface area contributed by atoms with E-state index in [1.807, 2.05) is 4.90 Å². The number of carbonyl (C=O) groups is 1. The molecule has 2 aromatic carbocycles. The summed E-state index contributed by atoms with van der Waals surface area (Å²) in [5, 5.41) is 9.83. The average Bonchev–Trinajstić information content (AvgIpc) is 3.04. The maximum Gasteiger partial charge on any atom is 0.318 e. The van der Waals surface area contributed by atoms with Gasteiger partial charge in [0, 0.05) is 62.8 Å².